The van der Waals surface area contributed by atoms with Gasteiger partial charge in [-0.3, -0.25) is 4.79 Å². The van der Waals surface area contributed by atoms with Gasteiger partial charge in [0.25, 0.3) is 0 Å². The van der Waals surface area contributed by atoms with E-state index in [1.54, 1.807) is 0 Å². The molecule has 0 atom stereocenters. The Balaban J connectivity index is 2.02. The number of hydrogen-bond acceptors (Lipinski definition) is 3. The van der Waals surface area contributed by atoms with E-state index in [-0.39, 0.29) is 6.42 Å². The zero-order valence-electron chi connectivity index (χ0n) is 10.2. The largest absolute Gasteiger partial charge is 0.389 e. The average Bonchev–Trinajstić information content (AvgIpc) is 2.96. The highest BCUT2D eigenvalue weighted by Gasteiger charge is 2.32. The Morgan fingerprint density at radius 3 is 2.79 bits per heavy atom. The van der Waals surface area contributed by atoms with Crippen LogP contribution in [0.2, 0.25) is 0 Å². The highest BCUT2D eigenvalue weighted by molar-refractivity contribution is 6.13. The molecule has 0 unspecified atom stereocenters. The molecule has 0 amide bonds. The molecule has 1 saturated heterocycles. The number of cyclic esters (lactones) is 2. The number of aromatic amines is 1. The number of nitrogens with one attached hydrogen (secondary N) is 1. The van der Waals surface area contributed by atoms with E-state index in [0.717, 1.165) is 29.5 Å². The second-order valence-electron chi connectivity index (χ2n) is 4.94. The summed E-state index contributed by atoms with van der Waals surface area (Å²) in [7, 11) is 0. The molecule has 0 radical (unpaired) electrons. The van der Waals surface area contributed by atoms with E-state index in [4.69, 9.17) is 0 Å². The highest BCUT2D eigenvalue weighted by atomic mass is 16.6. The second-order valence-corrected chi connectivity index (χ2v) is 4.94. The standard InChI is InChI=1S/C15H11NO3/c17-13-6-11(15(18)19-13)9-5-4-8-7-16-12-3-1-2-10(9)14(8)12/h1-3,7,16H,4-6H2/b11-9+. The first kappa shape index (κ1) is 10.6. The lowest BCUT2D eigenvalue weighted by Gasteiger charge is -2.17. The summed E-state index contributed by atoms with van der Waals surface area (Å²) in [4.78, 5) is 26.3. The van der Waals surface area contributed by atoms with Gasteiger partial charge in [-0.15, -0.1) is 0 Å². The number of hydrogen-bond donors (Lipinski definition) is 1. The zero-order valence-corrected chi connectivity index (χ0v) is 10.2. The van der Waals surface area contributed by atoms with Gasteiger partial charge in [0.05, 0.1) is 12.0 Å². The number of aryl methyl sites for hydroxylation is 1. The Morgan fingerprint density at radius 1 is 1.11 bits per heavy atom. The Hall–Kier alpha value is -2.36. The Morgan fingerprint density at radius 2 is 2.00 bits per heavy atom. The molecule has 4 nitrogen and oxygen atoms in total. The summed E-state index contributed by atoms with van der Waals surface area (Å²) < 4.78 is 4.65. The van der Waals surface area contributed by atoms with E-state index in [2.05, 4.69) is 9.72 Å². The molecule has 19 heavy (non-hydrogen) atoms. The van der Waals surface area contributed by atoms with Crippen molar-refractivity contribution in [1.82, 2.24) is 4.98 Å². The fourth-order valence-electron chi connectivity index (χ4n) is 3.06. The Kier molecular flexibility index (Phi) is 1.98. The van der Waals surface area contributed by atoms with Crippen LogP contribution in [0.4, 0.5) is 0 Å². The maximum absolute atomic E-state index is 11.7. The van der Waals surface area contributed by atoms with Crippen molar-refractivity contribution in [3.8, 4) is 0 Å². The summed E-state index contributed by atoms with van der Waals surface area (Å²) in [6.45, 7) is 0. The van der Waals surface area contributed by atoms with Gasteiger partial charge in [0.15, 0.2) is 0 Å². The topological polar surface area (TPSA) is 59.2 Å². The predicted molar refractivity (Wildman–Crippen MR) is 69.3 cm³/mol. The molecule has 94 valence electrons. The van der Waals surface area contributed by atoms with Crippen LogP contribution in [-0.4, -0.2) is 16.9 Å². The number of carbonyl (C=O) groups is 2. The van der Waals surface area contributed by atoms with Crippen LogP contribution in [0.15, 0.2) is 30.0 Å². The third-order valence-electron chi connectivity index (χ3n) is 3.90. The van der Waals surface area contributed by atoms with Crippen molar-refractivity contribution >= 4 is 28.4 Å². The minimum atomic E-state index is -0.476. The number of H-pyrrole nitrogens is 1. The molecule has 0 spiro atoms. The summed E-state index contributed by atoms with van der Waals surface area (Å²) in [5, 5.41) is 1.17. The van der Waals surface area contributed by atoms with Crippen LogP contribution in [0.1, 0.15) is 24.0 Å². The molecular formula is C15H11NO3. The first-order valence-electron chi connectivity index (χ1n) is 6.30. The van der Waals surface area contributed by atoms with Crippen molar-refractivity contribution < 1.29 is 14.3 Å². The minimum Gasteiger partial charge on any atom is -0.389 e. The monoisotopic (exact) mass is 253 g/mol. The lowest BCUT2D eigenvalue weighted by molar-refractivity contribution is -0.151. The Bertz CT molecular complexity index is 767. The third-order valence-corrected chi connectivity index (χ3v) is 3.90. The van der Waals surface area contributed by atoms with Gasteiger partial charge in [-0.2, -0.15) is 0 Å². The van der Waals surface area contributed by atoms with Gasteiger partial charge in [0.1, 0.15) is 0 Å². The fraction of sp³-hybridized carbons (Fsp3) is 0.200. The molecule has 1 aliphatic heterocycles. The lowest BCUT2D eigenvalue weighted by atomic mass is 9.85. The SMILES string of the molecule is O=C1C/C(=C2/CCc3c[nH]c4cccc2c34)C(=O)O1. The molecule has 1 fully saturated rings. The van der Waals surface area contributed by atoms with Gasteiger partial charge in [-0.05, 0) is 35.6 Å². The van der Waals surface area contributed by atoms with Crippen LogP contribution in [0, 0.1) is 0 Å². The van der Waals surface area contributed by atoms with Gasteiger partial charge < -0.3 is 9.72 Å². The molecule has 4 heteroatoms. The third kappa shape index (κ3) is 1.40. The van der Waals surface area contributed by atoms with Gasteiger partial charge in [0.2, 0.25) is 0 Å². The van der Waals surface area contributed by atoms with Crippen molar-refractivity contribution in [1.29, 1.82) is 0 Å². The summed E-state index contributed by atoms with van der Waals surface area (Å²) in [6.07, 6.45) is 3.79. The minimum absolute atomic E-state index is 0.101. The molecule has 1 aliphatic carbocycles. The summed E-state index contributed by atoms with van der Waals surface area (Å²) >= 11 is 0. The molecule has 1 aromatic carbocycles. The van der Waals surface area contributed by atoms with Crippen LogP contribution in [0.3, 0.4) is 0 Å². The van der Waals surface area contributed by atoms with E-state index in [1.165, 1.54) is 10.9 Å². The number of carbonyl (C=O) groups excluding carboxylic acids is 2. The number of benzene rings is 1. The van der Waals surface area contributed by atoms with Crippen LogP contribution >= 0.6 is 0 Å². The van der Waals surface area contributed by atoms with Crippen LogP contribution in [-0.2, 0) is 20.7 Å². The maximum atomic E-state index is 11.7. The molecule has 2 heterocycles. The Labute approximate surface area is 109 Å². The average molecular weight is 253 g/mol. The number of ether oxygens (including phenoxy) is 1. The van der Waals surface area contributed by atoms with E-state index < -0.39 is 11.9 Å². The zero-order chi connectivity index (χ0) is 13.0. The van der Waals surface area contributed by atoms with Gasteiger partial charge >= 0.3 is 11.9 Å². The normalized spacial score (nSPS) is 22.1. The van der Waals surface area contributed by atoms with Gasteiger partial charge in [-0.1, -0.05) is 12.1 Å². The van der Waals surface area contributed by atoms with Crippen molar-refractivity contribution in [2.45, 2.75) is 19.3 Å². The van der Waals surface area contributed by atoms with Crippen molar-refractivity contribution in [3.05, 3.63) is 41.1 Å². The molecule has 4 rings (SSSR count). The summed E-state index contributed by atoms with van der Waals surface area (Å²) in [6, 6.07) is 6.00. The predicted octanol–water partition coefficient (Wildman–Crippen LogP) is 2.34. The van der Waals surface area contributed by atoms with E-state index in [0.29, 0.717) is 5.57 Å². The van der Waals surface area contributed by atoms with E-state index in [9.17, 15) is 9.59 Å². The van der Waals surface area contributed by atoms with Gasteiger partial charge in [0, 0.05) is 17.1 Å². The molecule has 1 N–H and O–H groups in total. The van der Waals surface area contributed by atoms with Crippen molar-refractivity contribution in [2.24, 2.45) is 0 Å². The number of rotatable bonds is 0. The van der Waals surface area contributed by atoms with E-state index in [1.807, 2.05) is 24.4 Å². The smallest absolute Gasteiger partial charge is 0.342 e. The van der Waals surface area contributed by atoms with Crippen molar-refractivity contribution in [2.75, 3.05) is 0 Å². The maximum Gasteiger partial charge on any atom is 0.342 e. The quantitative estimate of drug-likeness (QED) is 0.445. The fourth-order valence-corrected chi connectivity index (χ4v) is 3.06. The summed E-state index contributed by atoms with van der Waals surface area (Å²) in [5.74, 6) is -0.921. The molecule has 0 bridgehead atoms. The number of aromatic nitrogens is 1. The first-order valence-corrected chi connectivity index (χ1v) is 6.30. The first-order chi connectivity index (χ1) is 9.24. The van der Waals surface area contributed by atoms with Crippen LogP contribution in [0.5, 0.6) is 0 Å². The second kappa shape index (κ2) is 3.57. The van der Waals surface area contributed by atoms with Crippen LogP contribution in [0.25, 0.3) is 16.5 Å². The number of esters is 2. The van der Waals surface area contributed by atoms with E-state index >= 15 is 0 Å². The van der Waals surface area contributed by atoms with Gasteiger partial charge in [-0.25, -0.2) is 4.79 Å². The molecule has 1 aromatic heterocycles. The highest BCUT2D eigenvalue weighted by Crippen LogP contribution is 2.39. The molecule has 2 aromatic rings. The molecule has 2 aliphatic rings. The lowest BCUT2D eigenvalue weighted by Crippen LogP contribution is -2.04. The van der Waals surface area contributed by atoms with Crippen LogP contribution < -0.4 is 0 Å². The summed E-state index contributed by atoms with van der Waals surface area (Å²) in [5.41, 5.74) is 4.90. The molecular weight excluding hydrogens is 242 g/mol. The van der Waals surface area contributed by atoms with Crippen molar-refractivity contribution in [3.63, 3.8) is 0 Å². The number of allylic oxidation sites excluding steroid dienone is 1. The molecule has 0 saturated carbocycles.